The molecule has 0 saturated heterocycles. The number of nitrogens with one attached hydrogen (secondary N) is 2. The molecule has 1 aliphatic heterocycles. The van der Waals surface area contributed by atoms with E-state index in [2.05, 4.69) is 10.6 Å². The molecule has 1 heterocycles. The second-order valence-electron chi connectivity index (χ2n) is 6.10. The van der Waals surface area contributed by atoms with E-state index in [1.54, 1.807) is 33.8 Å². The van der Waals surface area contributed by atoms with Gasteiger partial charge in [-0.15, -0.1) is 0 Å². The van der Waals surface area contributed by atoms with Crippen LogP contribution in [0.25, 0.3) is 0 Å². The van der Waals surface area contributed by atoms with Crippen LogP contribution in [0.15, 0.2) is 18.2 Å². The van der Waals surface area contributed by atoms with Crippen LogP contribution in [-0.4, -0.2) is 35.3 Å². The lowest BCUT2D eigenvalue weighted by Gasteiger charge is -2.38. The van der Waals surface area contributed by atoms with Gasteiger partial charge in [-0.25, -0.2) is 0 Å². The van der Waals surface area contributed by atoms with Crippen LogP contribution < -0.4 is 15.4 Å². The van der Waals surface area contributed by atoms with Crippen molar-refractivity contribution in [1.82, 2.24) is 5.32 Å². The fourth-order valence-electron chi connectivity index (χ4n) is 1.85. The van der Waals surface area contributed by atoms with Gasteiger partial charge in [-0.2, -0.15) is 0 Å². The summed E-state index contributed by atoms with van der Waals surface area (Å²) >= 11 is 0. The molecule has 1 aliphatic rings. The molecule has 0 radical (unpaired) electrons. The summed E-state index contributed by atoms with van der Waals surface area (Å²) in [6.45, 7) is 8.19. The number of ether oxygens (including phenoxy) is 1. The molecule has 0 fully saturated rings. The van der Waals surface area contributed by atoms with Crippen molar-refractivity contribution < 1.29 is 14.6 Å². The zero-order valence-electron chi connectivity index (χ0n) is 12.4. The van der Waals surface area contributed by atoms with Crippen molar-refractivity contribution in [3.8, 4) is 5.75 Å². The number of hydrogen-bond acceptors (Lipinski definition) is 4. The van der Waals surface area contributed by atoms with Crippen molar-refractivity contribution in [2.45, 2.75) is 38.8 Å². The SMILES string of the molecule is CC(C)(O)C(C)(C)NC(=O)c1cccc2c1OCCN2. The summed E-state index contributed by atoms with van der Waals surface area (Å²) in [5.74, 6) is 0.320. The maximum Gasteiger partial charge on any atom is 0.255 e. The fraction of sp³-hybridized carbons (Fsp3) is 0.533. The van der Waals surface area contributed by atoms with Gasteiger partial charge in [-0.05, 0) is 39.8 Å². The summed E-state index contributed by atoms with van der Waals surface area (Å²) in [4.78, 5) is 12.4. The Morgan fingerprint density at radius 2 is 2.05 bits per heavy atom. The van der Waals surface area contributed by atoms with E-state index in [0.29, 0.717) is 17.9 Å². The number of hydrogen-bond donors (Lipinski definition) is 3. The normalized spacial score (nSPS) is 14.8. The van der Waals surface area contributed by atoms with E-state index in [0.717, 1.165) is 12.2 Å². The molecule has 20 heavy (non-hydrogen) atoms. The van der Waals surface area contributed by atoms with Gasteiger partial charge in [0.15, 0.2) is 5.75 Å². The van der Waals surface area contributed by atoms with Gasteiger partial charge >= 0.3 is 0 Å². The Kier molecular flexibility index (Phi) is 3.65. The first-order valence-corrected chi connectivity index (χ1v) is 6.77. The van der Waals surface area contributed by atoms with Crippen LogP contribution >= 0.6 is 0 Å². The van der Waals surface area contributed by atoms with E-state index >= 15 is 0 Å². The second-order valence-corrected chi connectivity index (χ2v) is 6.10. The van der Waals surface area contributed by atoms with Crippen molar-refractivity contribution >= 4 is 11.6 Å². The van der Waals surface area contributed by atoms with Gasteiger partial charge in [-0.1, -0.05) is 6.07 Å². The molecule has 0 bridgehead atoms. The molecule has 0 aliphatic carbocycles. The number of carbonyl (C=O) groups is 1. The molecule has 1 aromatic rings. The van der Waals surface area contributed by atoms with Crippen LogP contribution in [0.4, 0.5) is 5.69 Å². The average molecular weight is 278 g/mol. The molecule has 2 rings (SSSR count). The maximum absolute atomic E-state index is 12.4. The zero-order valence-corrected chi connectivity index (χ0v) is 12.4. The summed E-state index contributed by atoms with van der Waals surface area (Å²) in [7, 11) is 0. The predicted molar refractivity (Wildman–Crippen MR) is 78.3 cm³/mol. The molecule has 1 aromatic carbocycles. The van der Waals surface area contributed by atoms with Gasteiger partial charge in [0, 0.05) is 6.54 Å². The Balaban J connectivity index is 2.27. The number of anilines is 1. The first-order valence-electron chi connectivity index (χ1n) is 6.77. The number of fused-ring (bicyclic) bond motifs is 1. The minimum absolute atomic E-state index is 0.252. The zero-order chi connectivity index (χ0) is 15.0. The highest BCUT2D eigenvalue weighted by molar-refractivity contribution is 5.99. The molecular formula is C15H22N2O3. The van der Waals surface area contributed by atoms with Gasteiger partial charge in [0.1, 0.15) is 6.61 Å². The first-order chi connectivity index (χ1) is 9.22. The lowest BCUT2D eigenvalue weighted by Crippen LogP contribution is -2.57. The third kappa shape index (κ3) is 2.72. The molecule has 1 amide bonds. The second kappa shape index (κ2) is 4.98. The van der Waals surface area contributed by atoms with Crippen LogP contribution in [0.3, 0.4) is 0 Å². The third-order valence-corrected chi connectivity index (χ3v) is 3.88. The Hall–Kier alpha value is -1.75. The molecule has 0 unspecified atom stereocenters. The van der Waals surface area contributed by atoms with E-state index in [9.17, 15) is 9.90 Å². The van der Waals surface area contributed by atoms with Crippen LogP contribution in [0.5, 0.6) is 5.75 Å². The Labute approximate surface area is 119 Å². The summed E-state index contributed by atoms with van der Waals surface area (Å²) in [6, 6.07) is 5.42. The standard InChI is InChI=1S/C15H22N2O3/c1-14(2,15(3,4)19)17-13(18)10-6-5-7-11-12(10)20-9-8-16-11/h5-7,16,19H,8-9H2,1-4H3,(H,17,18). The molecule has 0 saturated carbocycles. The molecule has 110 valence electrons. The largest absolute Gasteiger partial charge is 0.489 e. The molecular weight excluding hydrogens is 256 g/mol. The molecule has 5 heteroatoms. The first kappa shape index (κ1) is 14.7. The highest BCUT2D eigenvalue weighted by atomic mass is 16.5. The minimum Gasteiger partial charge on any atom is -0.489 e. The highest BCUT2D eigenvalue weighted by Crippen LogP contribution is 2.32. The van der Waals surface area contributed by atoms with Crippen LogP contribution in [0, 0.1) is 0 Å². The summed E-state index contributed by atoms with van der Waals surface area (Å²) in [5, 5.41) is 16.2. The van der Waals surface area contributed by atoms with Crippen LogP contribution in [0.2, 0.25) is 0 Å². The maximum atomic E-state index is 12.4. The quantitative estimate of drug-likeness (QED) is 0.788. The molecule has 3 N–H and O–H groups in total. The van der Waals surface area contributed by atoms with Crippen molar-refractivity contribution in [2.24, 2.45) is 0 Å². The van der Waals surface area contributed by atoms with Crippen molar-refractivity contribution in [1.29, 1.82) is 0 Å². The van der Waals surface area contributed by atoms with E-state index in [1.165, 1.54) is 0 Å². The monoisotopic (exact) mass is 278 g/mol. The van der Waals surface area contributed by atoms with E-state index < -0.39 is 11.1 Å². The average Bonchev–Trinajstić information content (AvgIpc) is 2.36. The summed E-state index contributed by atoms with van der Waals surface area (Å²) in [6.07, 6.45) is 0. The van der Waals surface area contributed by atoms with Crippen LogP contribution in [-0.2, 0) is 0 Å². The Morgan fingerprint density at radius 3 is 2.70 bits per heavy atom. The number of carbonyl (C=O) groups excluding carboxylic acids is 1. The van der Waals surface area contributed by atoms with E-state index in [1.807, 2.05) is 12.1 Å². The number of rotatable bonds is 3. The predicted octanol–water partition coefficient (Wildman–Crippen LogP) is 1.77. The van der Waals surface area contributed by atoms with Crippen LogP contribution in [0.1, 0.15) is 38.1 Å². The van der Waals surface area contributed by atoms with Crippen molar-refractivity contribution in [2.75, 3.05) is 18.5 Å². The number of aliphatic hydroxyl groups is 1. The molecule has 5 nitrogen and oxygen atoms in total. The van der Waals surface area contributed by atoms with Gasteiger partial charge in [0.05, 0.1) is 22.4 Å². The summed E-state index contributed by atoms with van der Waals surface area (Å²) in [5.41, 5.74) is -0.483. The minimum atomic E-state index is -1.03. The molecule has 0 aromatic heterocycles. The van der Waals surface area contributed by atoms with Gasteiger partial charge < -0.3 is 20.5 Å². The lowest BCUT2D eigenvalue weighted by molar-refractivity contribution is -0.00298. The van der Waals surface area contributed by atoms with Crippen molar-refractivity contribution in [3.05, 3.63) is 23.8 Å². The molecule has 0 spiro atoms. The van der Waals surface area contributed by atoms with Gasteiger partial charge in [-0.3, -0.25) is 4.79 Å². The number of benzene rings is 1. The van der Waals surface area contributed by atoms with Gasteiger partial charge in [0.2, 0.25) is 0 Å². The Morgan fingerprint density at radius 1 is 1.35 bits per heavy atom. The summed E-state index contributed by atoms with van der Waals surface area (Å²) < 4.78 is 5.59. The number of amides is 1. The molecule has 0 atom stereocenters. The Bertz CT molecular complexity index is 518. The topological polar surface area (TPSA) is 70.6 Å². The van der Waals surface area contributed by atoms with Crippen molar-refractivity contribution in [3.63, 3.8) is 0 Å². The van der Waals surface area contributed by atoms with E-state index in [4.69, 9.17) is 4.74 Å². The smallest absolute Gasteiger partial charge is 0.255 e. The third-order valence-electron chi connectivity index (χ3n) is 3.88. The number of para-hydroxylation sites is 1. The highest BCUT2D eigenvalue weighted by Gasteiger charge is 2.37. The lowest BCUT2D eigenvalue weighted by atomic mass is 9.85. The fourth-order valence-corrected chi connectivity index (χ4v) is 1.85. The van der Waals surface area contributed by atoms with E-state index in [-0.39, 0.29) is 5.91 Å². The van der Waals surface area contributed by atoms with Gasteiger partial charge in [0.25, 0.3) is 5.91 Å².